The van der Waals surface area contributed by atoms with E-state index in [0.717, 1.165) is 15.8 Å². The molecule has 7 heteroatoms. The molecule has 2 aromatic carbocycles. The van der Waals surface area contributed by atoms with Crippen LogP contribution in [0.2, 0.25) is 0 Å². The highest BCUT2D eigenvalue weighted by atomic mass is 32.2. The Morgan fingerprint density at radius 3 is 2.21 bits per heavy atom. The Kier molecular flexibility index (Phi) is 4.47. The van der Waals surface area contributed by atoms with E-state index in [0.29, 0.717) is 22.1 Å². The molecule has 0 radical (unpaired) electrons. The fraction of sp³-hybridized carbons (Fsp3) is 0.0909. The van der Waals surface area contributed by atoms with Crippen LogP contribution in [0.25, 0.3) is 22.0 Å². The summed E-state index contributed by atoms with van der Waals surface area (Å²) >= 11 is 0. The van der Waals surface area contributed by atoms with E-state index in [9.17, 15) is 18.0 Å². The molecule has 0 aliphatic rings. The SMILES string of the molecule is Cc1ccc(S(=O)(=O)n2cc(-c3ccc(C=O)cc3)c3ccn(C)c(=O)c32)cc1. The lowest BCUT2D eigenvalue weighted by molar-refractivity contribution is 0.112. The van der Waals surface area contributed by atoms with E-state index in [-0.39, 0.29) is 10.4 Å². The largest absolute Gasteiger partial charge is 0.317 e. The van der Waals surface area contributed by atoms with Crippen molar-refractivity contribution in [2.24, 2.45) is 7.05 Å². The number of rotatable bonds is 4. The highest BCUT2D eigenvalue weighted by Gasteiger charge is 2.24. The van der Waals surface area contributed by atoms with Crippen molar-refractivity contribution in [3.8, 4) is 11.1 Å². The van der Waals surface area contributed by atoms with Crippen LogP contribution in [0.15, 0.2) is 76.7 Å². The molecule has 0 N–H and O–H groups in total. The Morgan fingerprint density at radius 2 is 1.59 bits per heavy atom. The van der Waals surface area contributed by atoms with Gasteiger partial charge in [-0.3, -0.25) is 9.59 Å². The normalized spacial score (nSPS) is 11.7. The Bertz CT molecular complexity index is 1390. The van der Waals surface area contributed by atoms with Gasteiger partial charge in [-0.15, -0.1) is 0 Å². The van der Waals surface area contributed by atoms with Crippen molar-refractivity contribution in [1.82, 2.24) is 8.54 Å². The fourth-order valence-corrected chi connectivity index (χ4v) is 4.65. The number of benzene rings is 2. The minimum absolute atomic E-state index is 0.0880. The molecule has 2 heterocycles. The van der Waals surface area contributed by atoms with Gasteiger partial charge in [0, 0.05) is 36.0 Å². The lowest BCUT2D eigenvalue weighted by Gasteiger charge is -2.08. The number of aldehydes is 1. The molecule has 0 spiro atoms. The monoisotopic (exact) mass is 406 g/mol. The predicted octanol–water partition coefficient (Wildman–Crippen LogP) is 3.36. The van der Waals surface area contributed by atoms with Crippen LogP contribution >= 0.6 is 0 Å². The van der Waals surface area contributed by atoms with Crippen molar-refractivity contribution in [2.45, 2.75) is 11.8 Å². The molecule has 0 fully saturated rings. The van der Waals surface area contributed by atoms with Gasteiger partial charge in [0.15, 0.2) is 0 Å². The zero-order valence-corrected chi connectivity index (χ0v) is 16.7. The van der Waals surface area contributed by atoms with Gasteiger partial charge in [-0.2, -0.15) is 0 Å². The van der Waals surface area contributed by atoms with E-state index >= 15 is 0 Å². The highest BCUT2D eigenvalue weighted by Crippen LogP contribution is 2.31. The van der Waals surface area contributed by atoms with E-state index in [2.05, 4.69) is 0 Å². The van der Waals surface area contributed by atoms with Gasteiger partial charge in [-0.1, -0.05) is 42.0 Å². The van der Waals surface area contributed by atoms with Crippen LogP contribution in [-0.2, 0) is 17.1 Å². The molecule has 2 aromatic heterocycles. The Hall–Kier alpha value is -3.45. The van der Waals surface area contributed by atoms with Crippen molar-refractivity contribution in [3.63, 3.8) is 0 Å². The van der Waals surface area contributed by atoms with Crippen molar-refractivity contribution in [1.29, 1.82) is 0 Å². The zero-order valence-electron chi connectivity index (χ0n) is 15.9. The maximum Gasteiger partial charge on any atom is 0.275 e. The summed E-state index contributed by atoms with van der Waals surface area (Å²) in [5, 5.41) is 0.530. The molecule has 6 nitrogen and oxygen atoms in total. The van der Waals surface area contributed by atoms with Crippen LogP contribution in [0.3, 0.4) is 0 Å². The number of fused-ring (bicyclic) bond motifs is 1. The standard InChI is InChI=1S/C22H18N2O4S/c1-15-3-9-18(10-4-15)29(27,28)24-13-20(17-7-5-16(14-25)6-8-17)19-11-12-23(2)22(26)21(19)24/h3-14H,1-2H3. The van der Waals surface area contributed by atoms with E-state index in [1.807, 2.05) is 6.92 Å². The smallest absolute Gasteiger partial charge is 0.275 e. The van der Waals surface area contributed by atoms with Gasteiger partial charge in [0.25, 0.3) is 15.6 Å². The molecular formula is C22H18N2O4S. The summed E-state index contributed by atoms with van der Waals surface area (Å²) in [6.45, 7) is 1.87. The van der Waals surface area contributed by atoms with Crippen LogP contribution in [0.5, 0.6) is 0 Å². The third-order valence-corrected chi connectivity index (χ3v) is 6.61. The zero-order chi connectivity index (χ0) is 20.8. The first-order valence-electron chi connectivity index (χ1n) is 8.91. The molecule has 4 rings (SSSR count). The summed E-state index contributed by atoms with van der Waals surface area (Å²) in [5.74, 6) is 0. The average molecular weight is 406 g/mol. The van der Waals surface area contributed by atoms with Gasteiger partial charge in [-0.25, -0.2) is 12.4 Å². The minimum Gasteiger partial charge on any atom is -0.317 e. The molecule has 146 valence electrons. The third kappa shape index (κ3) is 3.09. The minimum atomic E-state index is -3.97. The number of carbonyl (C=O) groups is 1. The summed E-state index contributed by atoms with van der Waals surface area (Å²) in [5.41, 5.74) is 2.45. The first-order chi connectivity index (χ1) is 13.8. The van der Waals surface area contributed by atoms with Crippen LogP contribution in [0.1, 0.15) is 15.9 Å². The van der Waals surface area contributed by atoms with Crippen molar-refractivity contribution < 1.29 is 13.2 Å². The lowest BCUT2D eigenvalue weighted by Crippen LogP contribution is -2.21. The Morgan fingerprint density at radius 1 is 0.931 bits per heavy atom. The van der Waals surface area contributed by atoms with E-state index < -0.39 is 15.6 Å². The molecular weight excluding hydrogens is 388 g/mol. The van der Waals surface area contributed by atoms with Gasteiger partial charge >= 0.3 is 0 Å². The Balaban J connectivity index is 2.04. The van der Waals surface area contributed by atoms with Crippen LogP contribution in [0.4, 0.5) is 0 Å². The number of carbonyl (C=O) groups excluding carboxylic acids is 1. The molecule has 0 amide bonds. The lowest BCUT2D eigenvalue weighted by atomic mass is 10.0. The van der Waals surface area contributed by atoms with Gasteiger partial charge in [-0.05, 0) is 30.7 Å². The van der Waals surface area contributed by atoms with Crippen molar-refractivity contribution in [3.05, 3.63) is 88.5 Å². The van der Waals surface area contributed by atoms with Gasteiger partial charge in [0.2, 0.25) is 0 Å². The molecule has 0 aliphatic carbocycles. The van der Waals surface area contributed by atoms with Gasteiger partial charge in [0.1, 0.15) is 11.8 Å². The molecule has 0 unspecified atom stereocenters. The molecule has 0 bridgehead atoms. The van der Waals surface area contributed by atoms with E-state index in [1.165, 1.54) is 22.9 Å². The average Bonchev–Trinajstić information content (AvgIpc) is 3.12. The van der Waals surface area contributed by atoms with Crippen molar-refractivity contribution in [2.75, 3.05) is 0 Å². The second-order valence-corrected chi connectivity index (χ2v) is 8.71. The van der Waals surface area contributed by atoms with Crippen LogP contribution in [0, 0.1) is 6.92 Å². The van der Waals surface area contributed by atoms with Crippen molar-refractivity contribution >= 4 is 27.2 Å². The van der Waals surface area contributed by atoms with E-state index in [1.54, 1.807) is 55.7 Å². The van der Waals surface area contributed by atoms with Gasteiger partial charge in [0.05, 0.1) is 4.90 Å². The summed E-state index contributed by atoms with van der Waals surface area (Å²) < 4.78 is 29.1. The predicted molar refractivity (Wildman–Crippen MR) is 112 cm³/mol. The summed E-state index contributed by atoms with van der Waals surface area (Å²) in [4.78, 5) is 23.9. The number of pyridine rings is 1. The molecule has 0 saturated heterocycles. The highest BCUT2D eigenvalue weighted by molar-refractivity contribution is 7.90. The second kappa shape index (κ2) is 6.86. The molecule has 0 aliphatic heterocycles. The summed E-state index contributed by atoms with van der Waals surface area (Å²) in [7, 11) is -2.39. The number of hydrogen-bond acceptors (Lipinski definition) is 4. The summed E-state index contributed by atoms with van der Waals surface area (Å²) in [6, 6.07) is 15.0. The molecule has 29 heavy (non-hydrogen) atoms. The van der Waals surface area contributed by atoms with E-state index in [4.69, 9.17) is 0 Å². The maximum absolute atomic E-state index is 13.3. The first kappa shape index (κ1) is 18.9. The topological polar surface area (TPSA) is 78.1 Å². The number of hydrogen-bond donors (Lipinski definition) is 0. The maximum atomic E-state index is 13.3. The number of aryl methyl sites for hydroxylation is 2. The molecule has 0 saturated carbocycles. The third-order valence-electron chi connectivity index (χ3n) is 4.94. The second-order valence-electron chi connectivity index (χ2n) is 6.89. The fourth-order valence-electron chi connectivity index (χ4n) is 3.28. The quantitative estimate of drug-likeness (QED) is 0.487. The van der Waals surface area contributed by atoms with Crippen LogP contribution < -0.4 is 5.56 Å². The first-order valence-corrected chi connectivity index (χ1v) is 10.4. The summed E-state index contributed by atoms with van der Waals surface area (Å²) in [6.07, 6.45) is 3.82. The number of nitrogens with zero attached hydrogens (tertiary/aromatic N) is 2. The molecule has 4 aromatic rings. The van der Waals surface area contributed by atoms with Crippen LogP contribution in [-0.4, -0.2) is 23.2 Å². The number of aromatic nitrogens is 2. The Labute approximate surface area is 167 Å². The molecule has 0 atom stereocenters. The van der Waals surface area contributed by atoms with Gasteiger partial charge < -0.3 is 4.57 Å².